The van der Waals surface area contributed by atoms with Gasteiger partial charge in [0.1, 0.15) is 0 Å². The van der Waals surface area contributed by atoms with E-state index in [1.54, 1.807) is 0 Å². The number of nitrogens with one attached hydrogen (secondary N) is 1. The highest BCUT2D eigenvalue weighted by atomic mass is 16.5. The van der Waals surface area contributed by atoms with Gasteiger partial charge in [0.05, 0.1) is 6.54 Å². The Morgan fingerprint density at radius 1 is 1.30 bits per heavy atom. The smallest absolute Gasteiger partial charge is 0.240 e. The fourth-order valence-corrected chi connectivity index (χ4v) is 3.45. The molecule has 1 aromatic heterocycles. The van der Waals surface area contributed by atoms with Crippen LogP contribution in [0.1, 0.15) is 63.6 Å². The highest BCUT2D eigenvalue weighted by Gasteiger charge is 2.32. The van der Waals surface area contributed by atoms with Crippen LogP contribution in [0, 0.1) is 0 Å². The summed E-state index contributed by atoms with van der Waals surface area (Å²) in [6, 6.07) is 1.29. The Hall–Kier alpha value is -0.940. The number of nitrogens with zero attached hydrogens (tertiary/aromatic N) is 3. The molecular weight excluding hydrogens is 252 g/mol. The van der Waals surface area contributed by atoms with Crippen molar-refractivity contribution in [3.8, 4) is 0 Å². The Bertz CT molecular complexity index is 425. The van der Waals surface area contributed by atoms with Gasteiger partial charge in [-0.15, -0.1) is 0 Å². The summed E-state index contributed by atoms with van der Waals surface area (Å²) >= 11 is 0. The highest BCUT2D eigenvalue weighted by Crippen LogP contribution is 2.25. The first-order chi connectivity index (χ1) is 9.74. The van der Waals surface area contributed by atoms with Crippen LogP contribution in [0.2, 0.25) is 0 Å². The fourth-order valence-electron chi connectivity index (χ4n) is 3.45. The van der Waals surface area contributed by atoms with Crippen LogP contribution in [-0.4, -0.2) is 40.2 Å². The van der Waals surface area contributed by atoms with Crippen LogP contribution in [0.25, 0.3) is 0 Å². The van der Waals surface area contributed by atoms with Crippen molar-refractivity contribution in [2.45, 2.75) is 70.5 Å². The first-order valence-electron chi connectivity index (χ1n) is 8.04. The third kappa shape index (κ3) is 3.04. The van der Waals surface area contributed by atoms with Gasteiger partial charge in [0, 0.05) is 18.0 Å². The zero-order valence-corrected chi connectivity index (χ0v) is 12.6. The summed E-state index contributed by atoms with van der Waals surface area (Å²) in [4.78, 5) is 7.07. The lowest BCUT2D eigenvalue weighted by Gasteiger charge is -2.38. The second-order valence-corrected chi connectivity index (χ2v) is 6.44. The van der Waals surface area contributed by atoms with Crippen LogP contribution < -0.4 is 5.32 Å². The first-order valence-corrected chi connectivity index (χ1v) is 8.04. The van der Waals surface area contributed by atoms with Gasteiger partial charge in [0.15, 0.2) is 5.82 Å². The van der Waals surface area contributed by atoms with E-state index in [-0.39, 0.29) is 0 Å². The maximum absolute atomic E-state index is 5.42. The topological polar surface area (TPSA) is 54.2 Å². The molecule has 2 aliphatic rings. The lowest BCUT2D eigenvalue weighted by atomic mass is 9.94. The monoisotopic (exact) mass is 278 g/mol. The molecule has 2 unspecified atom stereocenters. The van der Waals surface area contributed by atoms with Crippen LogP contribution in [0.4, 0.5) is 0 Å². The summed E-state index contributed by atoms with van der Waals surface area (Å²) < 4.78 is 5.42. The van der Waals surface area contributed by atoms with E-state index in [0.717, 1.165) is 24.8 Å². The molecule has 0 aliphatic carbocycles. The molecule has 2 saturated heterocycles. The Balaban J connectivity index is 1.66. The summed E-state index contributed by atoms with van der Waals surface area (Å²) in [5, 5.41) is 7.73. The van der Waals surface area contributed by atoms with Crippen molar-refractivity contribution in [3.63, 3.8) is 0 Å². The standard InChI is InChI=1S/C15H26N4O/c1-11(2)15-17-14(20-18-15)10-19-9-4-3-7-13(19)12-6-5-8-16-12/h11-13,16H,3-10H2,1-2H3. The van der Waals surface area contributed by atoms with Gasteiger partial charge in [-0.3, -0.25) is 4.90 Å². The Morgan fingerprint density at radius 2 is 2.20 bits per heavy atom. The molecule has 0 aromatic carbocycles. The molecule has 3 rings (SSSR count). The molecule has 3 heterocycles. The number of likely N-dealkylation sites (tertiary alicyclic amines) is 1. The first kappa shape index (κ1) is 14.0. The maximum atomic E-state index is 5.42. The van der Waals surface area contributed by atoms with Gasteiger partial charge in [0.25, 0.3) is 0 Å². The average molecular weight is 278 g/mol. The minimum atomic E-state index is 0.334. The number of rotatable bonds is 4. The molecule has 0 bridgehead atoms. The summed E-state index contributed by atoms with van der Waals surface area (Å²) in [6.45, 7) is 7.33. The molecule has 5 heteroatoms. The molecule has 0 saturated carbocycles. The van der Waals surface area contributed by atoms with Gasteiger partial charge in [0.2, 0.25) is 5.89 Å². The Labute approximate surface area is 121 Å². The lowest BCUT2D eigenvalue weighted by molar-refractivity contribution is 0.0993. The summed E-state index contributed by atoms with van der Waals surface area (Å²) in [5.41, 5.74) is 0. The molecule has 2 fully saturated rings. The van der Waals surface area contributed by atoms with Crippen molar-refractivity contribution >= 4 is 0 Å². The largest absolute Gasteiger partial charge is 0.338 e. The van der Waals surface area contributed by atoms with Crippen molar-refractivity contribution in [3.05, 3.63) is 11.7 Å². The van der Waals surface area contributed by atoms with E-state index in [1.165, 1.54) is 38.6 Å². The van der Waals surface area contributed by atoms with E-state index in [4.69, 9.17) is 4.52 Å². The molecule has 112 valence electrons. The minimum Gasteiger partial charge on any atom is -0.338 e. The molecule has 1 N–H and O–H groups in total. The second-order valence-electron chi connectivity index (χ2n) is 6.44. The van der Waals surface area contributed by atoms with Crippen molar-refractivity contribution in [2.75, 3.05) is 13.1 Å². The van der Waals surface area contributed by atoms with Crippen molar-refractivity contribution in [2.24, 2.45) is 0 Å². The van der Waals surface area contributed by atoms with Crippen molar-refractivity contribution in [1.29, 1.82) is 0 Å². The SMILES string of the molecule is CC(C)c1noc(CN2CCCCC2C2CCCN2)n1. The van der Waals surface area contributed by atoms with Gasteiger partial charge < -0.3 is 9.84 Å². The molecule has 0 spiro atoms. The normalized spacial score (nSPS) is 28.4. The van der Waals surface area contributed by atoms with E-state index in [9.17, 15) is 0 Å². The predicted octanol–water partition coefficient (Wildman–Crippen LogP) is 2.30. The molecule has 0 amide bonds. The molecule has 2 atom stereocenters. The molecular formula is C15H26N4O. The highest BCUT2D eigenvalue weighted by molar-refractivity contribution is 4.95. The van der Waals surface area contributed by atoms with Crippen LogP contribution in [-0.2, 0) is 6.54 Å². The van der Waals surface area contributed by atoms with Crippen molar-refractivity contribution in [1.82, 2.24) is 20.4 Å². The Kier molecular flexibility index (Phi) is 4.36. The van der Waals surface area contributed by atoms with E-state index < -0.39 is 0 Å². The lowest BCUT2D eigenvalue weighted by Crippen LogP contribution is -2.49. The van der Waals surface area contributed by atoms with Crippen molar-refractivity contribution < 1.29 is 4.52 Å². The van der Waals surface area contributed by atoms with Gasteiger partial charge >= 0.3 is 0 Å². The van der Waals surface area contributed by atoms with E-state index >= 15 is 0 Å². The fraction of sp³-hybridized carbons (Fsp3) is 0.867. The summed E-state index contributed by atoms with van der Waals surface area (Å²) in [5.74, 6) is 1.94. The third-order valence-electron chi connectivity index (χ3n) is 4.57. The number of aromatic nitrogens is 2. The zero-order valence-electron chi connectivity index (χ0n) is 12.6. The number of hydrogen-bond donors (Lipinski definition) is 1. The van der Waals surface area contributed by atoms with Gasteiger partial charge in [-0.05, 0) is 38.8 Å². The van der Waals surface area contributed by atoms with Gasteiger partial charge in [-0.1, -0.05) is 25.4 Å². The van der Waals surface area contributed by atoms with Crippen LogP contribution in [0.3, 0.4) is 0 Å². The quantitative estimate of drug-likeness (QED) is 0.916. The molecule has 1 aromatic rings. The Morgan fingerprint density at radius 3 is 2.90 bits per heavy atom. The van der Waals surface area contributed by atoms with Crippen LogP contribution >= 0.6 is 0 Å². The minimum absolute atomic E-state index is 0.334. The third-order valence-corrected chi connectivity index (χ3v) is 4.57. The maximum Gasteiger partial charge on any atom is 0.240 e. The number of piperidine rings is 1. The van der Waals surface area contributed by atoms with E-state index in [0.29, 0.717) is 18.0 Å². The second kappa shape index (κ2) is 6.22. The average Bonchev–Trinajstić information content (AvgIpc) is 3.10. The predicted molar refractivity (Wildman–Crippen MR) is 77.5 cm³/mol. The molecule has 20 heavy (non-hydrogen) atoms. The molecule has 5 nitrogen and oxygen atoms in total. The van der Waals surface area contributed by atoms with Gasteiger partial charge in [-0.2, -0.15) is 4.98 Å². The van der Waals surface area contributed by atoms with Crippen LogP contribution in [0.15, 0.2) is 4.52 Å². The summed E-state index contributed by atoms with van der Waals surface area (Å²) in [7, 11) is 0. The van der Waals surface area contributed by atoms with E-state index in [2.05, 4.69) is 34.2 Å². The summed E-state index contributed by atoms with van der Waals surface area (Å²) in [6.07, 6.45) is 6.55. The van der Waals surface area contributed by atoms with Gasteiger partial charge in [-0.25, -0.2) is 0 Å². The molecule has 0 radical (unpaired) electrons. The van der Waals surface area contributed by atoms with E-state index in [1.807, 2.05) is 0 Å². The van der Waals surface area contributed by atoms with Crippen LogP contribution in [0.5, 0.6) is 0 Å². The molecule has 2 aliphatic heterocycles. The zero-order chi connectivity index (χ0) is 13.9. The number of hydrogen-bond acceptors (Lipinski definition) is 5.